The average Bonchev–Trinajstić information content (AvgIpc) is 3.62. The minimum Gasteiger partial charge on any atom is -0.379 e. The topological polar surface area (TPSA) is 40.2 Å². The number of allylic oxidation sites excluding steroid dienone is 5. The maximum absolute atomic E-state index is 6.53. The van der Waals surface area contributed by atoms with Gasteiger partial charge in [-0.25, -0.2) is 0 Å². The Morgan fingerprint density at radius 2 is 1.51 bits per heavy atom. The number of hydrogen-bond acceptors (Lipinski definition) is 5. The fourth-order valence-electron chi connectivity index (χ4n) is 13.7. The lowest BCUT2D eigenvalue weighted by atomic mass is 9.47. The summed E-state index contributed by atoms with van der Waals surface area (Å²) < 4.78 is 25.3. The molecule has 0 bridgehead atoms. The van der Waals surface area contributed by atoms with Crippen LogP contribution in [0.4, 0.5) is 0 Å². The Morgan fingerprint density at radius 3 is 2.29 bits per heavy atom. The maximum atomic E-state index is 6.53. The van der Waals surface area contributed by atoms with Crippen LogP contribution in [0, 0.1) is 52.3 Å². The Kier molecular flexibility index (Phi) is 24.4. The fourth-order valence-corrected chi connectivity index (χ4v) is 13.7. The zero-order valence-electron chi connectivity index (χ0n) is 42.7. The number of ether oxygens (including phenoxy) is 4. The summed E-state index contributed by atoms with van der Waals surface area (Å²) in [5.41, 5.74) is 2.68. The molecule has 5 aliphatic rings. The van der Waals surface area contributed by atoms with Gasteiger partial charge in [-0.2, -0.15) is 0 Å². The molecule has 0 amide bonds. The van der Waals surface area contributed by atoms with Crippen LogP contribution in [-0.4, -0.2) is 76.4 Å². The van der Waals surface area contributed by atoms with Crippen LogP contribution >= 0.6 is 0 Å². The van der Waals surface area contributed by atoms with Crippen LogP contribution < -0.4 is 0 Å². The number of piperidine rings is 1. The highest BCUT2D eigenvalue weighted by atomic mass is 16.6. The van der Waals surface area contributed by atoms with E-state index in [1.54, 1.807) is 5.57 Å². The monoisotopic (exact) mass is 878 g/mol. The molecule has 63 heavy (non-hydrogen) atoms. The number of likely N-dealkylation sites (tertiary alicyclic amines) is 1. The van der Waals surface area contributed by atoms with E-state index >= 15 is 0 Å². The number of unbranched alkanes of at least 4 members (excludes halogenated alkanes) is 9. The van der Waals surface area contributed by atoms with Gasteiger partial charge in [0.05, 0.1) is 45.2 Å². The van der Waals surface area contributed by atoms with E-state index < -0.39 is 0 Å². The summed E-state index contributed by atoms with van der Waals surface area (Å²) in [7, 11) is 0. The van der Waals surface area contributed by atoms with Gasteiger partial charge in [0.15, 0.2) is 0 Å². The van der Waals surface area contributed by atoms with Crippen LogP contribution in [0.25, 0.3) is 0 Å². The van der Waals surface area contributed by atoms with Gasteiger partial charge >= 0.3 is 0 Å². The first-order valence-corrected chi connectivity index (χ1v) is 27.7. The molecule has 0 aromatic carbocycles. The van der Waals surface area contributed by atoms with Gasteiger partial charge in [0, 0.05) is 19.7 Å². The third kappa shape index (κ3) is 17.2. The molecule has 1 heterocycles. The molecule has 0 N–H and O–H groups in total. The predicted molar refractivity (Wildman–Crippen MR) is 268 cm³/mol. The van der Waals surface area contributed by atoms with E-state index in [0.29, 0.717) is 50.0 Å². The van der Waals surface area contributed by atoms with Crippen molar-refractivity contribution in [3.63, 3.8) is 0 Å². The highest BCUT2D eigenvalue weighted by Crippen LogP contribution is 2.67. The minimum atomic E-state index is 0.107. The molecule has 5 nitrogen and oxygen atoms in total. The second kappa shape index (κ2) is 29.0. The first-order valence-electron chi connectivity index (χ1n) is 27.7. The zero-order chi connectivity index (χ0) is 44.8. The van der Waals surface area contributed by atoms with Gasteiger partial charge in [-0.3, -0.25) is 0 Å². The smallest absolute Gasteiger partial charge is 0.0936 e. The van der Waals surface area contributed by atoms with E-state index in [4.69, 9.17) is 18.9 Å². The second-order valence-corrected chi connectivity index (χ2v) is 22.8. The van der Waals surface area contributed by atoms with E-state index in [1.165, 1.54) is 154 Å². The van der Waals surface area contributed by atoms with Crippen molar-refractivity contribution in [1.82, 2.24) is 4.90 Å². The van der Waals surface area contributed by atoms with Gasteiger partial charge in [-0.15, -0.1) is 0 Å². The van der Waals surface area contributed by atoms with Crippen molar-refractivity contribution in [2.75, 3.05) is 59.3 Å². The quantitative estimate of drug-likeness (QED) is 0.0497. The molecule has 5 rings (SSSR count). The molecule has 4 aliphatic carbocycles. The van der Waals surface area contributed by atoms with Crippen LogP contribution in [0.2, 0.25) is 0 Å². The normalized spacial score (nSPS) is 31.1. The number of hydrogen-bond donors (Lipinski definition) is 0. The Bertz CT molecular complexity index is 1310. The average molecular weight is 878 g/mol. The van der Waals surface area contributed by atoms with E-state index in [9.17, 15) is 0 Å². The lowest BCUT2D eigenvalue weighted by molar-refractivity contribution is -0.0741. The largest absolute Gasteiger partial charge is 0.379 e. The third-order valence-corrected chi connectivity index (χ3v) is 17.4. The minimum absolute atomic E-state index is 0.107. The molecule has 0 aromatic rings. The predicted octanol–water partition coefficient (Wildman–Crippen LogP) is 15.4. The summed E-state index contributed by atoms with van der Waals surface area (Å²) in [5.74, 6) is 6.13. The van der Waals surface area contributed by atoms with Crippen molar-refractivity contribution in [3.8, 4) is 0 Å². The molecule has 5 unspecified atom stereocenters. The lowest BCUT2D eigenvalue weighted by Gasteiger charge is -2.58. The van der Waals surface area contributed by atoms with Crippen LogP contribution in [0.1, 0.15) is 209 Å². The third-order valence-electron chi connectivity index (χ3n) is 17.4. The highest BCUT2D eigenvalue weighted by Gasteiger charge is 2.59. The van der Waals surface area contributed by atoms with Gasteiger partial charge in [-0.05, 0) is 162 Å². The van der Waals surface area contributed by atoms with Crippen molar-refractivity contribution in [2.24, 2.45) is 52.3 Å². The van der Waals surface area contributed by atoms with Crippen molar-refractivity contribution in [2.45, 2.75) is 221 Å². The second-order valence-electron chi connectivity index (χ2n) is 22.8. The van der Waals surface area contributed by atoms with E-state index in [2.05, 4.69) is 83.7 Å². The van der Waals surface area contributed by atoms with Gasteiger partial charge in [0.1, 0.15) is 0 Å². The molecule has 5 heteroatoms. The SMILES string of the molecule is CCCCC/C=C\C/C=C\CCCCCCCCOCC(CN1CCCC(C)C1)OCCOCCO[C@H]1CC[C@@]2(C)C(=CCC3C2CC[C@@]2(C)C3CC[C@@H]2[C@H](C)CCCC(C)C)C1. The highest BCUT2D eigenvalue weighted by molar-refractivity contribution is 5.25. The van der Waals surface area contributed by atoms with E-state index in [-0.39, 0.29) is 6.10 Å². The molecular weight excluding hydrogens is 775 g/mol. The molecule has 0 aromatic heterocycles. The van der Waals surface area contributed by atoms with Gasteiger partial charge in [-0.1, -0.05) is 142 Å². The summed E-state index contributed by atoms with van der Waals surface area (Å²) in [5, 5.41) is 0. The molecular formula is C58H103NO4. The molecule has 4 fully saturated rings. The van der Waals surface area contributed by atoms with Crippen molar-refractivity contribution in [3.05, 3.63) is 36.0 Å². The molecule has 0 radical (unpaired) electrons. The molecule has 10 atom stereocenters. The van der Waals surface area contributed by atoms with Crippen molar-refractivity contribution < 1.29 is 18.9 Å². The first kappa shape index (κ1) is 53.0. The Balaban J connectivity index is 0.923. The molecule has 0 spiro atoms. The lowest BCUT2D eigenvalue weighted by Crippen LogP contribution is -2.51. The number of nitrogens with zero attached hydrogens (tertiary/aromatic N) is 1. The molecule has 1 aliphatic heterocycles. The van der Waals surface area contributed by atoms with Crippen LogP contribution in [0.15, 0.2) is 36.0 Å². The van der Waals surface area contributed by atoms with E-state index in [1.807, 2.05) is 0 Å². The van der Waals surface area contributed by atoms with Gasteiger partial charge < -0.3 is 23.8 Å². The standard InChI is InChI=1S/C58H103NO4/c1-8-9-10-11-12-13-14-15-16-17-18-19-20-21-22-23-38-61-46-52(45-59-37-25-27-48(4)44-59)63-42-40-60-39-41-62-51-33-35-57(6)50(43-51)29-30-53-55-32-31-54(49(5)28-24-26-47(2)3)58(55,7)36-34-56(53)57/h12-13,15-16,29,47-49,51-56H,8-11,14,17-28,30-46H2,1-7H3/b13-12-,16-15-/t48?,49-,51+,52?,53?,54-,55?,56?,57+,58-/m1/s1. The Labute approximate surface area is 391 Å². The summed E-state index contributed by atoms with van der Waals surface area (Å²) in [4.78, 5) is 2.60. The van der Waals surface area contributed by atoms with Gasteiger partial charge in [0.25, 0.3) is 0 Å². The first-order chi connectivity index (χ1) is 30.6. The Morgan fingerprint density at radius 1 is 0.746 bits per heavy atom. The molecule has 3 saturated carbocycles. The van der Waals surface area contributed by atoms with Crippen LogP contribution in [0.3, 0.4) is 0 Å². The summed E-state index contributed by atoms with van der Waals surface area (Å²) >= 11 is 0. The van der Waals surface area contributed by atoms with Crippen LogP contribution in [0.5, 0.6) is 0 Å². The van der Waals surface area contributed by atoms with Crippen molar-refractivity contribution in [1.29, 1.82) is 0 Å². The Hall–Kier alpha value is -0.980. The zero-order valence-corrected chi connectivity index (χ0v) is 42.7. The fraction of sp³-hybridized carbons (Fsp3) is 0.897. The summed E-state index contributed by atoms with van der Waals surface area (Å²) in [6.07, 6.45) is 45.6. The maximum Gasteiger partial charge on any atom is 0.0936 e. The number of rotatable bonds is 32. The summed E-state index contributed by atoms with van der Waals surface area (Å²) in [6.45, 7) is 24.9. The van der Waals surface area contributed by atoms with Gasteiger partial charge in [0.2, 0.25) is 0 Å². The van der Waals surface area contributed by atoms with Crippen molar-refractivity contribution >= 4 is 0 Å². The molecule has 364 valence electrons. The molecule has 1 saturated heterocycles. The summed E-state index contributed by atoms with van der Waals surface area (Å²) in [6, 6.07) is 0. The van der Waals surface area contributed by atoms with Crippen LogP contribution in [-0.2, 0) is 18.9 Å². The number of fused-ring (bicyclic) bond motifs is 5. The van der Waals surface area contributed by atoms with E-state index in [0.717, 1.165) is 73.8 Å².